The molecule has 1 aromatic rings. The van der Waals surface area contributed by atoms with E-state index in [4.69, 9.17) is 0 Å². The van der Waals surface area contributed by atoms with Gasteiger partial charge in [0.1, 0.15) is 0 Å². The summed E-state index contributed by atoms with van der Waals surface area (Å²) in [6.07, 6.45) is 1.88. The van der Waals surface area contributed by atoms with E-state index in [2.05, 4.69) is 5.32 Å². The van der Waals surface area contributed by atoms with E-state index in [9.17, 15) is 18.0 Å². The van der Waals surface area contributed by atoms with Gasteiger partial charge in [-0.3, -0.25) is 4.79 Å². The van der Waals surface area contributed by atoms with Crippen molar-refractivity contribution in [3.8, 4) is 0 Å². The van der Waals surface area contributed by atoms with Crippen molar-refractivity contribution < 1.29 is 18.0 Å². The molecular formula is C15H14F3NO. The second-order valence-corrected chi connectivity index (χ2v) is 4.70. The number of hydrogen-bond donors (Lipinski definition) is 1. The highest BCUT2D eigenvalue weighted by atomic mass is 19.4. The third kappa shape index (κ3) is 3.50. The van der Waals surface area contributed by atoms with Crippen LogP contribution >= 0.6 is 0 Å². The van der Waals surface area contributed by atoms with Gasteiger partial charge in [-0.25, -0.2) is 0 Å². The van der Waals surface area contributed by atoms with Crippen LogP contribution in [0.15, 0.2) is 48.1 Å². The maximum atomic E-state index is 12.6. The summed E-state index contributed by atoms with van der Waals surface area (Å²) in [5, 5.41) is 2.70. The van der Waals surface area contributed by atoms with Crippen molar-refractivity contribution in [3.05, 3.63) is 59.2 Å². The van der Waals surface area contributed by atoms with Crippen LogP contribution in [0.4, 0.5) is 13.2 Å². The predicted molar refractivity (Wildman–Crippen MR) is 70.2 cm³/mol. The lowest BCUT2D eigenvalue weighted by atomic mass is 10.0. The zero-order chi connectivity index (χ0) is 14.8. The number of benzene rings is 1. The molecule has 1 aliphatic rings. The van der Waals surface area contributed by atoms with Crippen LogP contribution in [0.25, 0.3) is 0 Å². The molecule has 20 heavy (non-hydrogen) atoms. The molecule has 2 rings (SSSR count). The SMILES string of the molecule is CC1=CCC(NC(=O)c2cccc(C(F)(F)F)c2)C=C1. The number of carbonyl (C=O) groups excluding carboxylic acids is 1. The van der Waals surface area contributed by atoms with Crippen LogP contribution in [0.1, 0.15) is 29.3 Å². The van der Waals surface area contributed by atoms with Crippen molar-refractivity contribution in [2.75, 3.05) is 0 Å². The normalized spacial score (nSPS) is 18.6. The number of allylic oxidation sites excluding steroid dienone is 2. The van der Waals surface area contributed by atoms with Gasteiger partial charge in [0, 0.05) is 5.56 Å². The molecule has 0 aliphatic heterocycles. The van der Waals surface area contributed by atoms with E-state index in [1.54, 1.807) is 0 Å². The molecule has 0 fully saturated rings. The Morgan fingerprint density at radius 2 is 2.10 bits per heavy atom. The Kier molecular flexibility index (Phi) is 3.97. The number of rotatable bonds is 2. The summed E-state index contributed by atoms with van der Waals surface area (Å²) in [5.74, 6) is -0.501. The standard InChI is InChI=1S/C15H14F3NO/c1-10-5-7-13(8-6-10)19-14(20)11-3-2-4-12(9-11)15(16,17)18/h2-7,9,13H,8H2,1H3,(H,19,20). The second kappa shape index (κ2) is 5.53. The van der Waals surface area contributed by atoms with Gasteiger partial charge in [0.05, 0.1) is 11.6 Å². The maximum Gasteiger partial charge on any atom is 0.416 e. The van der Waals surface area contributed by atoms with Gasteiger partial charge in [0.25, 0.3) is 5.91 Å². The fraction of sp³-hybridized carbons (Fsp3) is 0.267. The summed E-state index contributed by atoms with van der Waals surface area (Å²) in [6.45, 7) is 1.95. The third-order valence-electron chi connectivity index (χ3n) is 3.05. The van der Waals surface area contributed by atoms with E-state index >= 15 is 0 Å². The maximum absolute atomic E-state index is 12.6. The minimum atomic E-state index is -4.44. The summed E-state index contributed by atoms with van der Waals surface area (Å²) in [6, 6.07) is 4.24. The lowest BCUT2D eigenvalue weighted by Crippen LogP contribution is -2.33. The van der Waals surface area contributed by atoms with Crippen molar-refractivity contribution >= 4 is 5.91 Å². The van der Waals surface area contributed by atoms with E-state index < -0.39 is 17.6 Å². The first-order valence-corrected chi connectivity index (χ1v) is 6.19. The molecule has 1 atom stereocenters. The third-order valence-corrected chi connectivity index (χ3v) is 3.05. The van der Waals surface area contributed by atoms with Gasteiger partial charge in [-0.2, -0.15) is 13.2 Å². The highest BCUT2D eigenvalue weighted by molar-refractivity contribution is 5.94. The monoisotopic (exact) mass is 281 g/mol. The molecule has 0 aromatic heterocycles. The van der Waals surface area contributed by atoms with Crippen molar-refractivity contribution in [3.63, 3.8) is 0 Å². The van der Waals surface area contributed by atoms with Crippen LogP contribution in [0, 0.1) is 0 Å². The first-order chi connectivity index (χ1) is 9.36. The van der Waals surface area contributed by atoms with Crippen molar-refractivity contribution in [1.29, 1.82) is 0 Å². The number of nitrogens with one attached hydrogen (secondary N) is 1. The molecule has 0 saturated carbocycles. The number of alkyl halides is 3. The Bertz CT molecular complexity index is 573. The van der Waals surface area contributed by atoms with Gasteiger partial charge in [0.15, 0.2) is 0 Å². The quantitative estimate of drug-likeness (QED) is 0.879. The lowest BCUT2D eigenvalue weighted by Gasteiger charge is -2.17. The molecule has 0 saturated heterocycles. The Morgan fingerprint density at radius 3 is 2.70 bits per heavy atom. The number of amides is 1. The van der Waals surface area contributed by atoms with Gasteiger partial charge in [-0.05, 0) is 31.5 Å². The van der Waals surface area contributed by atoms with Gasteiger partial charge in [0.2, 0.25) is 0 Å². The number of hydrogen-bond acceptors (Lipinski definition) is 1. The van der Waals surface area contributed by atoms with E-state index in [1.165, 1.54) is 12.1 Å². The van der Waals surface area contributed by atoms with E-state index in [-0.39, 0.29) is 11.6 Å². The zero-order valence-electron chi connectivity index (χ0n) is 10.9. The molecule has 1 aliphatic carbocycles. The molecule has 0 spiro atoms. The first-order valence-electron chi connectivity index (χ1n) is 6.19. The summed E-state index contributed by atoms with van der Waals surface area (Å²) in [5.41, 5.74) is 0.300. The van der Waals surface area contributed by atoms with Crippen molar-refractivity contribution in [1.82, 2.24) is 5.32 Å². The molecular weight excluding hydrogens is 267 g/mol. The summed E-state index contributed by atoms with van der Waals surface area (Å²) < 4.78 is 37.7. The molecule has 0 radical (unpaired) electrons. The Morgan fingerprint density at radius 1 is 1.35 bits per heavy atom. The smallest absolute Gasteiger partial charge is 0.346 e. The van der Waals surface area contributed by atoms with Crippen LogP contribution in [0.5, 0.6) is 0 Å². The Balaban J connectivity index is 2.09. The van der Waals surface area contributed by atoms with E-state index in [1.807, 2.05) is 25.2 Å². The summed E-state index contributed by atoms with van der Waals surface area (Å²) >= 11 is 0. The van der Waals surface area contributed by atoms with Crippen LogP contribution in [-0.4, -0.2) is 11.9 Å². The molecule has 0 bridgehead atoms. The summed E-state index contributed by atoms with van der Waals surface area (Å²) in [7, 11) is 0. The van der Waals surface area contributed by atoms with Gasteiger partial charge < -0.3 is 5.32 Å². The van der Waals surface area contributed by atoms with Crippen LogP contribution < -0.4 is 5.32 Å². The molecule has 2 nitrogen and oxygen atoms in total. The van der Waals surface area contributed by atoms with Crippen LogP contribution in [0.2, 0.25) is 0 Å². The molecule has 5 heteroatoms. The number of carbonyl (C=O) groups is 1. The first kappa shape index (κ1) is 14.4. The van der Waals surface area contributed by atoms with Gasteiger partial charge in [-0.15, -0.1) is 0 Å². The molecule has 1 unspecified atom stereocenters. The van der Waals surface area contributed by atoms with Gasteiger partial charge >= 0.3 is 6.18 Å². The van der Waals surface area contributed by atoms with Gasteiger partial charge in [-0.1, -0.05) is 29.9 Å². The average molecular weight is 281 g/mol. The minimum Gasteiger partial charge on any atom is -0.346 e. The van der Waals surface area contributed by atoms with Crippen molar-refractivity contribution in [2.45, 2.75) is 25.6 Å². The second-order valence-electron chi connectivity index (χ2n) is 4.70. The average Bonchev–Trinajstić information content (AvgIpc) is 2.40. The Labute approximate surface area is 115 Å². The largest absolute Gasteiger partial charge is 0.416 e. The van der Waals surface area contributed by atoms with E-state index in [0.717, 1.165) is 17.7 Å². The topological polar surface area (TPSA) is 29.1 Å². The molecule has 0 heterocycles. The Hall–Kier alpha value is -2.04. The molecule has 106 valence electrons. The molecule has 1 amide bonds. The summed E-state index contributed by atoms with van der Waals surface area (Å²) in [4.78, 5) is 11.9. The fourth-order valence-electron chi connectivity index (χ4n) is 1.92. The predicted octanol–water partition coefficient (Wildman–Crippen LogP) is 3.71. The fourth-order valence-corrected chi connectivity index (χ4v) is 1.92. The highest BCUT2D eigenvalue weighted by Crippen LogP contribution is 2.29. The van der Waals surface area contributed by atoms with Crippen LogP contribution in [-0.2, 0) is 6.18 Å². The van der Waals surface area contributed by atoms with Crippen molar-refractivity contribution in [2.24, 2.45) is 0 Å². The van der Waals surface area contributed by atoms with E-state index in [0.29, 0.717) is 6.42 Å². The van der Waals surface area contributed by atoms with Crippen LogP contribution in [0.3, 0.4) is 0 Å². The molecule has 1 N–H and O–H groups in total. The molecule has 1 aromatic carbocycles. The number of halogens is 3. The lowest BCUT2D eigenvalue weighted by molar-refractivity contribution is -0.137. The zero-order valence-corrected chi connectivity index (χ0v) is 10.9. The minimum absolute atomic E-state index is 0.0134. The highest BCUT2D eigenvalue weighted by Gasteiger charge is 2.31.